The summed E-state index contributed by atoms with van der Waals surface area (Å²) in [6.07, 6.45) is 0.789. The molecule has 0 saturated carbocycles. The van der Waals surface area contributed by atoms with Crippen LogP contribution in [-0.2, 0) is 21.2 Å². The van der Waals surface area contributed by atoms with Crippen molar-refractivity contribution in [3.05, 3.63) is 71.3 Å². The molecule has 0 amide bonds. The van der Waals surface area contributed by atoms with E-state index in [4.69, 9.17) is 28.4 Å². The molecule has 9 heteroatoms. The van der Waals surface area contributed by atoms with E-state index >= 15 is 0 Å². The second-order valence-corrected chi connectivity index (χ2v) is 11.4. The number of ether oxygens (including phenoxy) is 6. The summed E-state index contributed by atoms with van der Waals surface area (Å²) in [7, 11) is 2.62. The molecule has 0 unspecified atom stereocenters. The fourth-order valence-corrected chi connectivity index (χ4v) is 6.36. The number of sulfone groups is 1. The Hall–Kier alpha value is -3.43. The summed E-state index contributed by atoms with van der Waals surface area (Å²) in [4.78, 5) is 0.120. The van der Waals surface area contributed by atoms with Gasteiger partial charge in [-0.3, -0.25) is 0 Å². The van der Waals surface area contributed by atoms with Gasteiger partial charge >= 0.3 is 0 Å². The van der Waals surface area contributed by atoms with Crippen LogP contribution in [0.4, 0.5) is 0 Å². The van der Waals surface area contributed by atoms with Crippen LogP contribution in [0.25, 0.3) is 0 Å². The van der Waals surface area contributed by atoms with Crippen LogP contribution in [0.1, 0.15) is 48.5 Å². The van der Waals surface area contributed by atoms with Gasteiger partial charge in [-0.15, -0.1) is 0 Å². The highest BCUT2D eigenvalue weighted by atomic mass is 32.2. The van der Waals surface area contributed by atoms with Crippen LogP contribution in [0.3, 0.4) is 0 Å². The highest BCUT2D eigenvalue weighted by Crippen LogP contribution is 2.46. The Bertz CT molecular complexity index is 1350. The van der Waals surface area contributed by atoms with Gasteiger partial charge in [0.1, 0.15) is 11.5 Å². The lowest BCUT2D eigenvalue weighted by molar-refractivity contribution is 0.110. The van der Waals surface area contributed by atoms with E-state index in [-0.39, 0.29) is 35.0 Å². The molecule has 3 aromatic rings. The van der Waals surface area contributed by atoms with Gasteiger partial charge in [-0.05, 0) is 53.8 Å². The smallest absolute Gasteiger partial charge is 0.203 e. The molecule has 1 fully saturated rings. The normalized spacial score (nSPS) is 17.1. The molecular weight excluding hydrogens is 520 g/mol. The fourth-order valence-electron chi connectivity index (χ4n) is 4.84. The van der Waals surface area contributed by atoms with Crippen LogP contribution < -0.4 is 23.7 Å². The highest BCUT2D eigenvalue weighted by Gasteiger charge is 2.32. The number of rotatable bonds is 12. The molecule has 0 aromatic heterocycles. The maximum absolute atomic E-state index is 13.4. The summed E-state index contributed by atoms with van der Waals surface area (Å²) in [5.41, 5.74) is 2.64. The average molecular weight is 557 g/mol. The number of hydrogen-bond acceptors (Lipinski definition) is 8. The second-order valence-electron chi connectivity index (χ2n) is 9.36. The van der Waals surface area contributed by atoms with E-state index in [2.05, 4.69) is 0 Å². The first kappa shape index (κ1) is 28.6. The Labute approximate surface area is 230 Å². The standard InChI is InChI=1S/C30H36O8S/c1-6-12-39(31,32)28-17-22(15-27(35-4)30(28)38-18-20-10-8-7-9-11-20)24-16-23(19-37-24)21-13-25(33-2)29(36-5)26(14-21)34-3/h7-11,13-15,17,23-24H,6,12,16,18-19H2,1-5H3/t23-,24+/m1/s1. The summed E-state index contributed by atoms with van der Waals surface area (Å²) < 4.78 is 61.2. The van der Waals surface area contributed by atoms with Gasteiger partial charge in [-0.1, -0.05) is 37.3 Å². The van der Waals surface area contributed by atoms with Crippen molar-refractivity contribution in [3.8, 4) is 28.7 Å². The predicted octanol–water partition coefficient (Wildman–Crippen LogP) is 5.73. The zero-order chi connectivity index (χ0) is 28.0. The Balaban J connectivity index is 1.67. The first-order valence-electron chi connectivity index (χ1n) is 12.9. The molecular formula is C30H36O8S. The molecule has 1 aliphatic heterocycles. The van der Waals surface area contributed by atoms with Crippen molar-refractivity contribution in [1.29, 1.82) is 0 Å². The van der Waals surface area contributed by atoms with Crippen LogP contribution in [0.2, 0.25) is 0 Å². The molecule has 8 nitrogen and oxygen atoms in total. The zero-order valence-corrected chi connectivity index (χ0v) is 23.9. The minimum absolute atomic E-state index is 0.000884. The predicted molar refractivity (Wildman–Crippen MR) is 148 cm³/mol. The van der Waals surface area contributed by atoms with Crippen LogP contribution in [-0.4, -0.2) is 49.2 Å². The van der Waals surface area contributed by atoms with Crippen molar-refractivity contribution in [1.82, 2.24) is 0 Å². The molecule has 39 heavy (non-hydrogen) atoms. The monoisotopic (exact) mass is 556 g/mol. The molecule has 1 aliphatic rings. The van der Waals surface area contributed by atoms with Crippen LogP contribution in [0, 0.1) is 0 Å². The van der Waals surface area contributed by atoms with Crippen molar-refractivity contribution in [2.45, 2.75) is 43.3 Å². The first-order chi connectivity index (χ1) is 18.8. The topological polar surface area (TPSA) is 89.5 Å². The van der Waals surface area contributed by atoms with E-state index in [9.17, 15) is 8.42 Å². The summed E-state index contributed by atoms with van der Waals surface area (Å²) in [5, 5.41) is 0. The van der Waals surface area contributed by atoms with Gasteiger partial charge in [0.25, 0.3) is 0 Å². The number of methoxy groups -OCH3 is 4. The lowest BCUT2D eigenvalue weighted by atomic mass is 9.93. The van der Waals surface area contributed by atoms with Crippen molar-refractivity contribution >= 4 is 9.84 Å². The Kier molecular flexibility index (Phi) is 9.24. The average Bonchev–Trinajstić information content (AvgIpc) is 3.45. The minimum atomic E-state index is -3.63. The van der Waals surface area contributed by atoms with E-state index in [1.54, 1.807) is 27.4 Å². The molecule has 0 bridgehead atoms. The molecule has 1 heterocycles. The quantitative estimate of drug-likeness (QED) is 0.280. The molecule has 4 rings (SSSR count). The number of benzene rings is 3. The maximum atomic E-state index is 13.4. The van der Waals surface area contributed by atoms with Gasteiger partial charge in [-0.25, -0.2) is 8.42 Å². The van der Waals surface area contributed by atoms with Crippen LogP contribution in [0.15, 0.2) is 59.5 Å². The fraction of sp³-hybridized carbons (Fsp3) is 0.400. The SMILES string of the molecule is CCCS(=O)(=O)c1cc([C@@H]2C[C@@H](c3cc(OC)c(OC)c(OC)c3)CO2)cc(OC)c1OCc1ccccc1. The second kappa shape index (κ2) is 12.6. The maximum Gasteiger partial charge on any atom is 0.203 e. The Morgan fingerprint density at radius 1 is 0.821 bits per heavy atom. The van der Waals surface area contributed by atoms with Crippen molar-refractivity contribution < 1.29 is 36.8 Å². The van der Waals surface area contributed by atoms with E-state index < -0.39 is 9.84 Å². The van der Waals surface area contributed by atoms with Gasteiger partial charge in [-0.2, -0.15) is 0 Å². The molecule has 3 aromatic carbocycles. The molecule has 2 atom stereocenters. The molecule has 0 aliphatic carbocycles. The van der Waals surface area contributed by atoms with E-state index in [0.29, 0.717) is 42.4 Å². The molecule has 0 N–H and O–H groups in total. The summed E-state index contributed by atoms with van der Waals surface area (Å²) >= 11 is 0. The summed E-state index contributed by atoms with van der Waals surface area (Å²) in [6.45, 7) is 2.51. The third kappa shape index (κ3) is 6.25. The van der Waals surface area contributed by atoms with Gasteiger partial charge in [0, 0.05) is 5.92 Å². The van der Waals surface area contributed by atoms with Crippen molar-refractivity contribution in [3.63, 3.8) is 0 Å². The van der Waals surface area contributed by atoms with Crippen LogP contribution in [0.5, 0.6) is 28.7 Å². The van der Waals surface area contributed by atoms with Crippen molar-refractivity contribution in [2.24, 2.45) is 0 Å². The largest absolute Gasteiger partial charge is 0.493 e. The zero-order valence-electron chi connectivity index (χ0n) is 23.1. The van der Waals surface area contributed by atoms with E-state index in [0.717, 1.165) is 16.7 Å². The number of hydrogen-bond donors (Lipinski definition) is 0. The van der Waals surface area contributed by atoms with Gasteiger partial charge < -0.3 is 28.4 Å². The lowest BCUT2D eigenvalue weighted by Gasteiger charge is -2.19. The van der Waals surface area contributed by atoms with Gasteiger partial charge in [0.2, 0.25) is 5.75 Å². The van der Waals surface area contributed by atoms with Gasteiger partial charge in [0.15, 0.2) is 32.8 Å². The lowest BCUT2D eigenvalue weighted by Crippen LogP contribution is -2.11. The Morgan fingerprint density at radius 2 is 1.44 bits per heavy atom. The minimum Gasteiger partial charge on any atom is -0.493 e. The highest BCUT2D eigenvalue weighted by molar-refractivity contribution is 7.91. The van der Waals surface area contributed by atoms with E-state index in [1.165, 1.54) is 7.11 Å². The first-order valence-corrected chi connectivity index (χ1v) is 14.5. The van der Waals surface area contributed by atoms with Crippen molar-refractivity contribution in [2.75, 3.05) is 40.8 Å². The molecule has 0 spiro atoms. The third-order valence-electron chi connectivity index (χ3n) is 6.82. The summed E-state index contributed by atoms with van der Waals surface area (Å²) in [6, 6.07) is 16.9. The van der Waals surface area contributed by atoms with E-state index in [1.807, 2.05) is 55.5 Å². The van der Waals surface area contributed by atoms with Gasteiger partial charge in [0.05, 0.1) is 46.9 Å². The Morgan fingerprint density at radius 3 is 2.03 bits per heavy atom. The molecule has 0 radical (unpaired) electrons. The van der Waals surface area contributed by atoms with Crippen LogP contribution >= 0.6 is 0 Å². The third-order valence-corrected chi connectivity index (χ3v) is 8.74. The summed E-state index contributed by atoms with van der Waals surface area (Å²) in [5.74, 6) is 2.30. The molecule has 210 valence electrons. The molecule has 1 saturated heterocycles.